The van der Waals surface area contributed by atoms with Gasteiger partial charge in [0.05, 0.1) is 0 Å². The quantitative estimate of drug-likeness (QED) is 0.649. The number of anilines is 1. The highest BCUT2D eigenvalue weighted by atomic mass is 15.3. The van der Waals surface area contributed by atoms with E-state index in [9.17, 15) is 0 Å². The molecule has 0 amide bonds. The van der Waals surface area contributed by atoms with Gasteiger partial charge in [0.1, 0.15) is 12.7 Å². The standard InChI is InChI=1S/C10H9N7/c1-6-7(2-12-4-14-6)8-3-13-10(11)17-5-15-16-9(8)17/h2-5H,1H3,(H2,11,13). The summed E-state index contributed by atoms with van der Waals surface area (Å²) in [5.41, 5.74) is 8.92. The number of fused-ring (bicyclic) bond motifs is 1. The van der Waals surface area contributed by atoms with Crippen LogP contribution in [0.1, 0.15) is 5.69 Å². The Balaban J connectivity index is 2.35. The van der Waals surface area contributed by atoms with E-state index >= 15 is 0 Å². The molecule has 0 spiro atoms. The van der Waals surface area contributed by atoms with Crippen molar-refractivity contribution in [3.8, 4) is 11.1 Å². The van der Waals surface area contributed by atoms with Crippen LogP contribution in [0.2, 0.25) is 0 Å². The fourth-order valence-corrected chi connectivity index (χ4v) is 1.68. The van der Waals surface area contributed by atoms with Crippen LogP contribution in [-0.2, 0) is 0 Å². The smallest absolute Gasteiger partial charge is 0.207 e. The van der Waals surface area contributed by atoms with E-state index in [2.05, 4.69) is 25.1 Å². The van der Waals surface area contributed by atoms with E-state index in [4.69, 9.17) is 5.73 Å². The lowest BCUT2D eigenvalue weighted by Gasteiger charge is -2.05. The molecular formula is C10H9N7. The molecular weight excluding hydrogens is 218 g/mol. The molecule has 0 fully saturated rings. The van der Waals surface area contributed by atoms with Gasteiger partial charge in [0.2, 0.25) is 5.95 Å². The molecule has 0 atom stereocenters. The molecule has 0 aliphatic heterocycles. The fraction of sp³-hybridized carbons (Fsp3) is 0.100. The van der Waals surface area contributed by atoms with Crippen LogP contribution in [0.25, 0.3) is 16.8 Å². The van der Waals surface area contributed by atoms with E-state index < -0.39 is 0 Å². The van der Waals surface area contributed by atoms with Crippen molar-refractivity contribution in [1.82, 2.24) is 29.5 Å². The van der Waals surface area contributed by atoms with Gasteiger partial charge < -0.3 is 5.73 Å². The molecule has 0 unspecified atom stereocenters. The Hall–Kier alpha value is -2.57. The van der Waals surface area contributed by atoms with Crippen LogP contribution < -0.4 is 5.73 Å². The summed E-state index contributed by atoms with van der Waals surface area (Å²) in [6.45, 7) is 1.90. The summed E-state index contributed by atoms with van der Waals surface area (Å²) in [5, 5.41) is 7.86. The lowest BCUT2D eigenvalue weighted by atomic mass is 10.1. The van der Waals surface area contributed by atoms with Gasteiger partial charge in [-0.1, -0.05) is 0 Å². The Morgan fingerprint density at radius 1 is 1.18 bits per heavy atom. The zero-order valence-corrected chi connectivity index (χ0v) is 9.07. The number of hydrogen-bond acceptors (Lipinski definition) is 6. The molecule has 0 aliphatic rings. The van der Waals surface area contributed by atoms with E-state index in [1.165, 1.54) is 12.7 Å². The van der Waals surface area contributed by atoms with Crippen LogP contribution in [0.5, 0.6) is 0 Å². The summed E-state index contributed by atoms with van der Waals surface area (Å²) >= 11 is 0. The van der Waals surface area contributed by atoms with Crippen molar-refractivity contribution in [2.45, 2.75) is 6.92 Å². The highest BCUT2D eigenvalue weighted by molar-refractivity contribution is 5.78. The van der Waals surface area contributed by atoms with Crippen LogP contribution in [0.4, 0.5) is 5.95 Å². The van der Waals surface area contributed by atoms with Gasteiger partial charge in [-0.05, 0) is 6.92 Å². The van der Waals surface area contributed by atoms with Gasteiger partial charge in [0.25, 0.3) is 0 Å². The third kappa shape index (κ3) is 1.40. The molecule has 7 nitrogen and oxygen atoms in total. The Morgan fingerprint density at radius 3 is 2.88 bits per heavy atom. The van der Waals surface area contributed by atoms with Crippen molar-refractivity contribution in [3.05, 3.63) is 30.7 Å². The Labute approximate surface area is 96.4 Å². The first-order valence-corrected chi connectivity index (χ1v) is 4.98. The summed E-state index contributed by atoms with van der Waals surface area (Å²) in [4.78, 5) is 12.3. The summed E-state index contributed by atoms with van der Waals surface area (Å²) < 4.78 is 1.63. The van der Waals surface area contributed by atoms with Crippen molar-refractivity contribution >= 4 is 11.6 Å². The molecule has 3 aromatic rings. The number of nitrogens with two attached hydrogens (primary N) is 1. The molecule has 0 saturated carbocycles. The van der Waals surface area contributed by atoms with Gasteiger partial charge >= 0.3 is 0 Å². The lowest BCUT2D eigenvalue weighted by Crippen LogP contribution is -2.01. The molecule has 3 heterocycles. The Bertz CT molecular complexity index is 688. The minimum absolute atomic E-state index is 0.350. The second kappa shape index (κ2) is 3.48. The lowest BCUT2D eigenvalue weighted by molar-refractivity contribution is 1.08. The summed E-state index contributed by atoms with van der Waals surface area (Å²) in [6.07, 6.45) is 6.42. The van der Waals surface area contributed by atoms with Crippen molar-refractivity contribution in [2.24, 2.45) is 0 Å². The SMILES string of the molecule is Cc1ncncc1-c1cnc(N)n2cnnc12. The van der Waals surface area contributed by atoms with Crippen molar-refractivity contribution in [1.29, 1.82) is 0 Å². The van der Waals surface area contributed by atoms with Crippen molar-refractivity contribution in [3.63, 3.8) is 0 Å². The van der Waals surface area contributed by atoms with Gasteiger partial charge in [0, 0.05) is 29.2 Å². The van der Waals surface area contributed by atoms with Gasteiger partial charge in [-0.2, -0.15) is 0 Å². The summed E-state index contributed by atoms with van der Waals surface area (Å²) in [7, 11) is 0. The largest absolute Gasteiger partial charge is 0.369 e. The zero-order chi connectivity index (χ0) is 11.8. The van der Waals surface area contributed by atoms with E-state index in [1.807, 2.05) is 6.92 Å². The van der Waals surface area contributed by atoms with Crippen LogP contribution in [0, 0.1) is 6.92 Å². The number of nitrogen functional groups attached to an aromatic ring is 1. The predicted octanol–water partition coefficient (Wildman–Crippen LogP) is 0.472. The molecule has 7 heteroatoms. The second-order valence-electron chi connectivity index (χ2n) is 3.58. The summed E-state index contributed by atoms with van der Waals surface area (Å²) in [6, 6.07) is 0. The normalized spacial score (nSPS) is 10.9. The van der Waals surface area contributed by atoms with Crippen LogP contribution in [-0.4, -0.2) is 29.5 Å². The molecule has 2 N–H and O–H groups in total. The van der Waals surface area contributed by atoms with Crippen LogP contribution in [0.3, 0.4) is 0 Å². The van der Waals surface area contributed by atoms with Crippen LogP contribution >= 0.6 is 0 Å². The zero-order valence-electron chi connectivity index (χ0n) is 9.07. The Kier molecular flexibility index (Phi) is 1.97. The monoisotopic (exact) mass is 227 g/mol. The van der Waals surface area contributed by atoms with Gasteiger partial charge in [0.15, 0.2) is 5.65 Å². The molecule has 3 aromatic heterocycles. The minimum atomic E-state index is 0.350. The second-order valence-corrected chi connectivity index (χ2v) is 3.58. The maximum Gasteiger partial charge on any atom is 0.207 e. The number of rotatable bonds is 1. The molecule has 0 radical (unpaired) electrons. The van der Waals surface area contributed by atoms with Gasteiger partial charge in [-0.15, -0.1) is 10.2 Å². The fourth-order valence-electron chi connectivity index (χ4n) is 1.68. The van der Waals surface area contributed by atoms with E-state index in [0.29, 0.717) is 11.6 Å². The third-order valence-electron chi connectivity index (χ3n) is 2.56. The average Bonchev–Trinajstić information content (AvgIpc) is 2.81. The maximum absolute atomic E-state index is 5.73. The topological polar surface area (TPSA) is 94.9 Å². The van der Waals surface area contributed by atoms with Crippen molar-refractivity contribution < 1.29 is 0 Å². The highest BCUT2D eigenvalue weighted by Gasteiger charge is 2.11. The molecule has 84 valence electrons. The molecule has 0 aromatic carbocycles. The first-order chi connectivity index (χ1) is 8.27. The number of aryl methyl sites for hydroxylation is 1. The molecule has 17 heavy (non-hydrogen) atoms. The highest BCUT2D eigenvalue weighted by Crippen LogP contribution is 2.24. The number of aromatic nitrogens is 6. The van der Waals surface area contributed by atoms with Crippen LogP contribution in [0.15, 0.2) is 25.0 Å². The van der Waals surface area contributed by atoms with E-state index in [1.54, 1.807) is 16.8 Å². The predicted molar refractivity (Wildman–Crippen MR) is 61.0 cm³/mol. The average molecular weight is 227 g/mol. The Morgan fingerprint density at radius 2 is 2.06 bits per heavy atom. The van der Waals surface area contributed by atoms with Gasteiger partial charge in [-0.3, -0.25) is 4.40 Å². The number of nitrogens with zero attached hydrogens (tertiary/aromatic N) is 6. The molecule has 0 aliphatic carbocycles. The first kappa shape index (κ1) is 9.64. The van der Waals surface area contributed by atoms with Crippen molar-refractivity contribution in [2.75, 3.05) is 5.73 Å². The molecule has 3 rings (SSSR count). The van der Waals surface area contributed by atoms with Gasteiger partial charge in [-0.25, -0.2) is 15.0 Å². The summed E-state index contributed by atoms with van der Waals surface area (Å²) in [5.74, 6) is 0.350. The first-order valence-electron chi connectivity index (χ1n) is 4.98. The maximum atomic E-state index is 5.73. The third-order valence-corrected chi connectivity index (χ3v) is 2.56. The minimum Gasteiger partial charge on any atom is -0.369 e. The number of hydrogen-bond donors (Lipinski definition) is 1. The molecule has 0 saturated heterocycles. The van der Waals surface area contributed by atoms with E-state index in [-0.39, 0.29) is 0 Å². The molecule has 0 bridgehead atoms. The van der Waals surface area contributed by atoms with E-state index in [0.717, 1.165) is 16.8 Å².